The molecule has 0 aliphatic carbocycles. The van der Waals surface area contributed by atoms with Gasteiger partial charge in [-0.1, -0.05) is 111 Å². The van der Waals surface area contributed by atoms with E-state index in [0.29, 0.717) is 0 Å². The van der Waals surface area contributed by atoms with Gasteiger partial charge < -0.3 is 0 Å². The van der Waals surface area contributed by atoms with Crippen molar-refractivity contribution < 1.29 is 26.2 Å². The summed E-state index contributed by atoms with van der Waals surface area (Å²) >= 11 is 0. The Morgan fingerprint density at radius 2 is 0.811 bits per heavy atom. The fourth-order valence-electron chi connectivity index (χ4n) is 4.07. The van der Waals surface area contributed by atoms with Gasteiger partial charge in [-0.05, 0) is 11.1 Å². The summed E-state index contributed by atoms with van der Waals surface area (Å²) < 4.78 is 0. The Labute approximate surface area is 240 Å². The summed E-state index contributed by atoms with van der Waals surface area (Å²) in [5.41, 5.74) is 5.14. The first-order valence-corrected chi connectivity index (χ1v) is 12.4. The smallest absolute Gasteiger partial charge is 0.165 e. The van der Waals surface area contributed by atoms with Crippen molar-refractivity contribution >= 4 is 33.7 Å². The van der Waals surface area contributed by atoms with Gasteiger partial charge >= 0.3 is 26.2 Å². The van der Waals surface area contributed by atoms with Crippen LogP contribution in [0.2, 0.25) is 0 Å². The van der Waals surface area contributed by atoms with E-state index in [-0.39, 0.29) is 26.2 Å². The molecule has 0 saturated carbocycles. The van der Waals surface area contributed by atoms with Crippen molar-refractivity contribution in [3.8, 4) is 0 Å². The van der Waals surface area contributed by atoms with Gasteiger partial charge in [0, 0.05) is 0 Å². The number of aryl methyl sites for hydroxylation is 2. The maximum absolute atomic E-state index is 2.20. The molecule has 6 aromatic rings. The number of fused-ring (bicyclic) bond motifs is 2. The van der Waals surface area contributed by atoms with Gasteiger partial charge in [0.15, 0.2) is 0 Å². The molecule has 6 rings (SSSR count). The second-order valence-corrected chi connectivity index (χ2v) is 8.86. The molecule has 180 valence electrons. The molecule has 0 N–H and O–H groups in total. The van der Waals surface area contributed by atoms with E-state index in [1.807, 2.05) is 36.4 Å². The third-order valence-corrected chi connectivity index (χ3v) is 5.81. The Hall–Kier alpha value is -3.54. The summed E-state index contributed by atoms with van der Waals surface area (Å²) in [5.74, 6) is 0. The van der Waals surface area contributed by atoms with Crippen LogP contribution < -0.4 is 0 Å². The molecular formula is C36H32Zr. The van der Waals surface area contributed by atoms with Crippen LogP contribution in [0.4, 0.5) is 0 Å². The largest absolute Gasteiger partial charge is 2.00 e. The summed E-state index contributed by atoms with van der Waals surface area (Å²) in [6, 6.07) is 46.2. The van der Waals surface area contributed by atoms with Crippen LogP contribution in [-0.2, 0) is 26.2 Å². The molecule has 0 aromatic heterocycles. The van der Waals surface area contributed by atoms with Crippen LogP contribution in [0.25, 0.3) is 33.7 Å². The number of hydrogen-bond donors (Lipinski definition) is 0. The van der Waals surface area contributed by atoms with Crippen LogP contribution in [0.3, 0.4) is 0 Å². The first-order valence-electron chi connectivity index (χ1n) is 12.4. The van der Waals surface area contributed by atoms with Crippen molar-refractivity contribution in [2.24, 2.45) is 0 Å². The Morgan fingerprint density at radius 3 is 1.19 bits per heavy atom. The van der Waals surface area contributed by atoms with Gasteiger partial charge in [-0.2, -0.15) is 12.1 Å². The van der Waals surface area contributed by atoms with Crippen molar-refractivity contribution in [3.63, 3.8) is 0 Å². The fraction of sp³-hybridized carbons (Fsp3) is 0.0556. The van der Waals surface area contributed by atoms with E-state index in [1.165, 1.54) is 43.8 Å². The second-order valence-electron chi connectivity index (χ2n) is 8.86. The zero-order valence-corrected chi connectivity index (χ0v) is 24.0. The van der Waals surface area contributed by atoms with Crippen molar-refractivity contribution in [2.75, 3.05) is 0 Å². The van der Waals surface area contributed by atoms with E-state index in [9.17, 15) is 0 Å². The first-order chi connectivity index (χ1) is 17.7. The zero-order valence-electron chi connectivity index (χ0n) is 21.5. The maximum atomic E-state index is 2.20. The molecule has 1 heteroatoms. The molecule has 0 heterocycles. The molecule has 0 unspecified atom stereocenters. The van der Waals surface area contributed by atoms with Crippen LogP contribution in [0.5, 0.6) is 0 Å². The van der Waals surface area contributed by atoms with Gasteiger partial charge in [0.25, 0.3) is 0 Å². The van der Waals surface area contributed by atoms with Crippen LogP contribution in [0.15, 0.2) is 146 Å². The average molecular weight is 556 g/mol. The van der Waals surface area contributed by atoms with Gasteiger partial charge in [0.05, 0.1) is 0 Å². The Kier molecular flexibility index (Phi) is 11.3. The third-order valence-electron chi connectivity index (χ3n) is 5.81. The van der Waals surface area contributed by atoms with E-state index in [4.69, 9.17) is 0 Å². The molecule has 0 nitrogen and oxygen atoms in total. The summed E-state index contributed by atoms with van der Waals surface area (Å²) in [6.45, 7) is 4.25. The number of benzene rings is 4. The predicted octanol–water partition coefficient (Wildman–Crippen LogP) is 10.1. The standard InChI is InChI=1S/C16H14.2C10H9.Zr/c1-3-9-15(10-4-1)13-7-8-14-16-11-5-2-6-12-16;2*1-8-6-9-4-2-3-5-10(9)7-8;/h1-14H;2*2-7H,1H3;/q;2*-1;+2. The minimum absolute atomic E-state index is 0. The quantitative estimate of drug-likeness (QED) is 0.150. The van der Waals surface area contributed by atoms with Gasteiger partial charge in [0.1, 0.15) is 0 Å². The average Bonchev–Trinajstić information content (AvgIpc) is 3.49. The van der Waals surface area contributed by atoms with E-state index >= 15 is 0 Å². The molecule has 6 aromatic carbocycles. The molecule has 0 aliphatic heterocycles. The van der Waals surface area contributed by atoms with Gasteiger partial charge in [-0.3, -0.25) is 0 Å². The molecule has 0 saturated heterocycles. The summed E-state index contributed by atoms with van der Waals surface area (Å²) in [7, 11) is 0. The van der Waals surface area contributed by atoms with Gasteiger partial charge in [-0.15, -0.1) is 81.2 Å². The molecule has 0 spiro atoms. The summed E-state index contributed by atoms with van der Waals surface area (Å²) in [6.07, 6.45) is 8.31. The van der Waals surface area contributed by atoms with Crippen molar-refractivity contribution in [1.29, 1.82) is 0 Å². The Bertz CT molecular complexity index is 1340. The Morgan fingerprint density at radius 1 is 0.459 bits per heavy atom. The van der Waals surface area contributed by atoms with Gasteiger partial charge in [-0.25, -0.2) is 0 Å². The molecule has 0 radical (unpaired) electrons. The van der Waals surface area contributed by atoms with E-state index in [2.05, 4.69) is 135 Å². The number of hydrogen-bond acceptors (Lipinski definition) is 0. The maximum Gasteiger partial charge on any atom is 2.00 e. The van der Waals surface area contributed by atoms with E-state index < -0.39 is 0 Å². The summed E-state index contributed by atoms with van der Waals surface area (Å²) in [4.78, 5) is 0. The van der Waals surface area contributed by atoms with Crippen molar-refractivity contribution in [3.05, 3.63) is 168 Å². The molecular weight excluding hydrogens is 524 g/mol. The van der Waals surface area contributed by atoms with Crippen molar-refractivity contribution in [1.82, 2.24) is 0 Å². The van der Waals surface area contributed by atoms with E-state index in [0.717, 1.165) is 0 Å². The number of rotatable bonds is 3. The first kappa shape index (κ1) is 28.0. The molecule has 37 heavy (non-hydrogen) atoms. The van der Waals surface area contributed by atoms with Gasteiger partial charge in [0.2, 0.25) is 0 Å². The predicted molar refractivity (Wildman–Crippen MR) is 160 cm³/mol. The second kappa shape index (κ2) is 14.9. The third kappa shape index (κ3) is 9.12. The zero-order chi connectivity index (χ0) is 25.0. The number of allylic oxidation sites excluding steroid dienone is 2. The van der Waals surface area contributed by atoms with Crippen LogP contribution >= 0.6 is 0 Å². The van der Waals surface area contributed by atoms with Crippen LogP contribution in [0.1, 0.15) is 22.3 Å². The Balaban J connectivity index is 0.000000158. The summed E-state index contributed by atoms with van der Waals surface area (Å²) in [5, 5.41) is 5.39. The minimum atomic E-state index is 0. The van der Waals surface area contributed by atoms with Crippen molar-refractivity contribution in [2.45, 2.75) is 13.8 Å². The normalized spacial score (nSPS) is 10.5. The molecule has 0 amide bonds. The van der Waals surface area contributed by atoms with Crippen LogP contribution in [-0.4, -0.2) is 0 Å². The van der Waals surface area contributed by atoms with E-state index in [1.54, 1.807) is 0 Å². The minimum Gasteiger partial charge on any atom is -0.165 e. The monoisotopic (exact) mass is 554 g/mol. The molecule has 0 fully saturated rings. The SMILES string of the molecule is C(C=Cc1ccccc1)=Cc1ccccc1.Cc1cc2ccccc2[cH-]1.Cc1cc2ccccc2[cH-]1.[Zr+2]. The molecule has 0 atom stereocenters. The molecule has 0 aliphatic rings. The van der Waals surface area contributed by atoms with Crippen LogP contribution in [0, 0.1) is 13.8 Å². The molecule has 0 bridgehead atoms. The fourth-order valence-corrected chi connectivity index (χ4v) is 4.07. The topological polar surface area (TPSA) is 0 Å².